The van der Waals surface area contributed by atoms with Crippen LogP contribution in [0, 0.1) is 5.92 Å². The van der Waals surface area contributed by atoms with E-state index in [4.69, 9.17) is 4.74 Å². The van der Waals surface area contributed by atoms with Crippen molar-refractivity contribution in [2.75, 3.05) is 26.7 Å². The zero-order chi connectivity index (χ0) is 18.0. The molecule has 7 heteroatoms. The summed E-state index contributed by atoms with van der Waals surface area (Å²) in [6, 6.07) is 6.64. The van der Waals surface area contributed by atoms with E-state index in [1.54, 1.807) is 29.2 Å². The number of esters is 1. The number of nitrogens with zero attached hydrogens (tertiary/aromatic N) is 2. The molecule has 0 spiro atoms. The molecule has 1 saturated heterocycles. The number of carbonyl (C=O) groups is 4. The number of amides is 3. The Morgan fingerprint density at radius 1 is 1.16 bits per heavy atom. The molecule has 0 bridgehead atoms. The molecule has 3 amide bonds. The molecule has 1 aromatic carbocycles. The van der Waals surface area contributed by atoms with Crippen LogP contribution in [0.2, 0.25) is 0 Å². The van der Waals surface area contributed by atoms with Gasteiger partial charge in [0, 0.05) is 26.1 Å². The van der Waals surface area contributed by atoms with Gasteiger partial charge in [-0.25, -0.2) is 0 Å². The molecule has 0 radical (unpaired) electrons. The van der Waals surface area contributed by atoms with E-state index in [2.05, 4.69) is 0 Å². The van der Waals surface area contributed by atoms with Crippen LogP contribution in [0.15, 0.2) is 24.3 Å². The third-order valence-corrected chi connectivity index (χ3v) is 4.74. The van der Waals surface area contributed by atoms with Crippen LogP contribution in [0.4, 0.5) is 0 Å². The van der Waals surface area contributed by atoms with Gasteiger partial charge in [0.1, 0.15) is 0 Å². The van der Waals surface area contributed by atoms with E-state index < -0.39 is 0 Å². The van der Waals surface area contributed by atoms with Gasteiger partial charge in [-0.2, -0.15) is 0 Å². The van der Waals surface area contributed by atoms with E-state index in [9.17, 15) is 19.2 Å². The number of carbonyl (C=O) groups excluding carboxylic acids is 4. The van der Waals surface area contributed by atoms with Crippen molar-refractivity contribution in [3.8, 4) is 0 Å². The van der Waals surface area contributed by atoms with Gasteiger partial charge >= 0.3 is 5.97 Å². The first-order valence-corrected chi connectivity index (χ1v) is 8.33. The minimum Gasteiger partial charge on any atom is -0.469 e. The Hall–Kier alpha value is -2.70. The first-order valence-electron chi connectivity index (χ1n) is 8.33. The van der Waals surface area contributed by atoms with Crippen LogP contribution in [0.3, 0.4) is 0 Å². The predicted molar refractivity (Wildman–Crippen MR) is 87.7 cm³/mol. The van der Waals surface area contributed by atoms with Crippen molar-refractivity contribution in [3.05, 3.63) is 35.4 Å². The van der Waals surface area contributed by atoms with Gasteiger partial charge in [0.15, 0.2) is 0 Å². The van der Waals surface area contributed by atoms with Crippen molar-refractivity contribution in [3.63, 3.8) is 0 Å². The van der Waals surface area contributed by atoms with Crippen LogP contribution in [-0.2, 0) is 14.3 Å². The molecule has 7 nitrogen and oxygen atoms in total. The van der Waals surface area contributed by atoms with Crippen LogP contribution in [-0.4, -0.2) is 60.2 Å². The summed E-state index contributed by atoms with van der Waals surface area (Å²) in [5, 5.41) is 0. The molecule has 1 atom stereocenters. The Morgan fingerprint density at radius 2 is 1.80 bits per heavy atom. The van der Waals surface area contributed by atoms with Gasteiger partial charge in [0.2, 0.25) is 5.91 Å². The molecule has 0 N–H and O–H groups in total. The molecule has 0 aliphatic carbocycles. The fraction of sp³-hybridized carbons (Fsp3) is 0.444. The lowest BCUT2D eigenvalue weighted by Gasteiger charge is -2.31. The number of hydrogen-bond donors (Lipinski definition) is 0. The van der Waals surface area contributed by atoms with Crippen LogP contribution in [0.25, 0.3) is 0 Å². The molecule has 25 heavy (non-hydrogen) atoms. The van der Waals surface area contributed by atoms with E-state index in [0.717, 1.165) is 11.3 Å². The SMILES string of the molecule is COC(=O)C1CCCN(C(=O)CCN2C(=O)c3ccccc3C2=O)C1. The average molecular weight is 344 g/mol. The fourth-order valence-electron chi connectivity index (χ4n) is 3.37. The maximum atomic E-state index is 12.4. The van der Waals surface area contributed by atoms with Gasteiger partial charge < -0.3 is 9.64 Å². The Bertz CT molecular complexity index is 695. The molecule has 1 aromatic rings. The molecule has 132 valence electrons. The third kappa shape index (κ3) is 3.26. The zero-order valence-electron chi connectivity index (χ0n) is 14.1. The quantitative estimate of drug-likeness (QED) is 0.603. The highest BCUT2D eigenvalue weighted by atomic mass is 16.5. The summed E-state index contributed by atoms with van der Waals surface area (Å²) in [6.45, 7) is 0.951. The number of hydrogen-bond acceptors (Lipinski definition) is 5. The van der Waals surface area contributed by atoms with E-state index in [1.165, 1.54) is 7.11 Å². The van der Waals surface area contributed by atoms with Crippen LogP contribution < -0.4 is 0 Å². The summed E-state index contributed by atoms with van der Waals surface area (Å²) in [4.78, 5) is 51.4. The van der Waals surface area contributed by atoms with Gasteiger partial charge in [0.25, 0.3) is 11.8 Å². The Kier molecular flexibility index (Phi) is 4.83. The first kappa shape index (κ1) is 17.1. The fourth-order valence-corrected chi connectivity index (χ4v) is 3.37. The van der Waals surface area contributed by atoms with Crippen molar-refractivity contribution in [2.24, 2.45) is 5.92 Å². The van der Waals surface area contributed by atoms with Crippen molar-refractivity contribution in [2.45, 2.75) is 19.3 Å². The van der Waals surface area contributed by atoms with Crippen LogP contribution in [0.1, 0.15) is 40.0 Å². The second-order valence-electron chi connectivity index (χ2n) is 6.26. The number of fused-ring (bicyclic) bond motifs is 1. The van der Waals surface area contributed by atoms with Gasteiger partial charge in [-0.05, 0) is 25.0 Å². The van der Waals surface area contributed by atoms with Crippen molar-refractivity contribution < 1.29 is 23.9 Å². The third-order valence-electron chi connectivity index (χ3n) is 4.74. The second-order valence-corrected chi connectivity index (χ2v) is 6.26. The number of imide groups is 1. The van der Waals surface area contributed by atoms with Crippen molar-refractivity contribution in [1.82, 2.24) is 9.80 Å². The number of methoxy groups -OCH3 is 1. The maximum absolute atomic E-state index is 12.4. The predicted octanol–water partition coefficient (Wildman–Crippen LogP) is 1.08. The molecule has 0 aromatic heterocycles. The molecule has 2 heterocycles. The zero-order valence-corrected chi connectivity index (χ0v) is 14.1. The van der Waals surface area contributed by atoms with E-state index in [0.29, 0.717) is 30.6 Å². The number of ether oxygens (including phenoxy) is 1. The summed E-state index contributed by atoms with van der Waals surface area (Å²) in [5.41, 5.74) is 0.757. The van der Waals surface area contributed by atoms with Crippen molar-refractivity contribution in [1.29, 1.82) is 0 Å². The van der Waals surface area contributed by atoms with Gasteiger partial charge in [0.05, 0.1) is 24.2 Å². The number of benzene rings is 1. The minimum atomic E-state index is -0.362. The normalized spacial score (nSPS) is 19.8. The molecule has 1 unspecified atom stereocenters. The first-order chi connectivity index (χ1) is 12.0. The lowest BCUT2D eigenvalue weighted by Crippen LogP contribution is -2.44. The summed E-state index contributed by atoms with van der Waals surface area (Å²) in [7, 11) is 1.34. The molecule has 2 aliphatic heterocycles. The average Bonchev–Trinajstić information content (AvgIpc) is 2.90. The van der Waals surface area contributed by atoms with E-state index >= 15 is 0 Å². The highest BCUT2D eigenvalue weighted by Gasteiger charge is 2.36. The van der Waals surface area contributed by atoms with Crippen molar-refractivity contribution >= 4 is 23.7 Å². The summed E-state index contributed by atoms with van der Waals surface area (Å²) in [5.74, 6) is -1.50. The lowest BCUT2D eigenvalue weighted by molar-refractivity contribution is -0.149. The molecule has 1 fully saturated rings. The molecular formula is C18H20N2O5. The minimum absolute atomic E-state index is 0.0462. The van der Waals surface area contributed by atoms with Crippen LogP contribution >= 0.6 is 0 Å². The Balaban J connectivity index is 1.59. The summed E-state index contributed by atoms with van der Waals surface area (Å²) < 4.78 is 4.75. The van der Waals surface area contributed by atoms with Gasteiger partial charge in [-0.15, -0.1) is 0 Å². The number of likely N-dealkylation sites (tertiary alicyclic amines) is 1. The summed E-state index contributed by atoms with van der Waals surface area (Å²) >= 11 is 0. The highest BCUT2D eigenvalue weighted by molar-refractivity contribution is 6.21. The lowest BCUT2D eigenvalue weighted by atomic mass is 9.98. The van der Waals surface area contributed by atoms with Gasteiger partial charge in [-0.3, -0.25) is 24.1 Å². The van der Waals surface area contributed by atoms with Gasteiger partial charge in [-0.1, -0.05) is 12.1 Å². The molecule has 2 aliphatic rings. The number of piperidine rings is 1. The smallest absolute Gasteiger partial charge is 0.310 e. The Morgan fingerprint density at radius 3 is 2.40 bits per heavy atom. The molecule has 3 rings (SSSR count). The van der Waals surface area contributed by atoms with E-state index in [-0.39, 0.29) is 42.6 Å². The maximum Gasteiger partial charge on any atom is 0.310 e. The monoisotopic (exact) mass is 344 g/mol. The number of rotatable bonds is 4. The highest BCUT2D eigenvalue weighted by Crippen LogP contribution is 2.23. The topological polar surface area (TPSA) is 84.0 Å². The molecule has 0 saturated carbocycles. The standard InChI is InChI=1S/C18H20N2O5/c1-25-18(24)12-5-4-9-19(11-12)15(21)8-10-20-16(22)13-6-2-3-7-14(13)17(20)23/h2-3,6-7,12H,4-5,8-11H2,1H3. The Labute approximate surface area is 145 Å². The second kappa shape index (κ2) is 7.04. The van der Waals surface area contributed by atoms with Crippen LogP contribution in [0.5, 0.6) is 0 Å². The molecular weight excluding hydrogens is 324 g/mol. The summed E-state index contributed by atoms with van der Waals surface area (Å²) in [6.07, 6.45) is 1.49. The largest absolute Gasteiger partial charge is 0.469 e. The van der Waals surface area contributed by atoms with E-state index in [1.807, 2.05) is 0 Å².